The number of aromatic nitrogens is 1. The van der Waals surface area contributed by atoms with E-state index in [1.165, 1.54) is 5.56 Å². The summed E-state index contributed by atoms with van der Waals surface area (Å²) < 4.78 is 1.92. The van der Waals surface area contributed by atoms with Crippen LogP contribution in [0.4, 0.5) is 0 Å². The van der Waals surface area contributed by atoms with E-state index in [-0.39, 0.29) is 5.91 Å². The largest absolute Gasteiger partial charge is 0.358 e. The lowest BCUT2D eigenvalue weighted by atomic mass is 10.1. The summed E-state index contributed by atoms with van der Waals surface area (Å²) in [6.07, 6.45) is 6.29. The van der Waals surface area contributed by atoms with Crippen LogP contribution in [0, 0.1) is 0 Å². The Hall–Kier alpha value is -1.29. The van der Waals surface area contributed by atoms with Gasteiger partial charge < -0.3 is 15.2 Å². The third kappa shape index (κ3) is 4.23. The maximum atomic E-state index is 11.3. The maximum absolute atomic E-state index is 11.3. The first-order valence-corrected chi connectivity index (χ1v) is 6.30. The van der Waals surface area contributed by atoms with E-state index < -0.39 is 0 Å². The summed E-state index contributed by atoms with van der Waals surface area (Å²) in [5.41, 5.74) is 1.26. The molecule has 1 heterocycles. The molecule has 0 aromatic carbocycles. The van der Waals surface area contributed by atoms with Gasteiger partial charge in [-0.3, -0.25) is 4.79 Å². The fourth-order valence-corrected chi connectivity index (χ4v) is 1.93. The number of hydrogen-bond acceptors (Lipinski definition) is 2. The lowest BCUT2D eigenvalue weighted by Gasteiger charge is -2.15. The fraction of sp³-hybridized carbons (Fsp3) is 0.615. The van der Waals surface area contributed by atoms with Crippen molar-refractivity contribution in [2.45, 2.75) is 39.3 Å². The van der Waals surface area contributed by atoms with Crippen molar-refractivity contribution in [2.24, 2.45) is 0 Å². The number of rotatable bonds is 7. The average molecular weight is 237 g/mol. The zero-order chi connectivity index (χ0) is 12.7. The van der Waals surface area contributed by atoms with E-state index in [4.69, 9.17) is 0 Å². The van der Waals surface area contributed by atoms with Crippen molar-refractivity contribution in [3.05, 3.63) is 24.0 Å². The van der Waals surface area contributed by atoms with Crippen molar-refractivity contribution in [2.75, 3.05) is 13.6 Å². The molecule has 1 aromatic heterocycles. The number of amides is 1. The van der Waals surface area contributed by atoms with E-state index >= 15 is 0 Å². The number of hydrogen-bond donors (Lipinski definition) is 2. The average Bonchev–Trinajstić information content (AvgIpc) is 2.77. The summed E-state index contributed by atoms with van der Waals surface area (Å²) in [5.74, 6) is 0.0302. The maximum Gasteiger partial charge on any atom is 0.239 e. The Morgan fingerprint density at radius 3 is 2.82 bits per heavy atom. The van der Waals surface area contributed by atoms with Gasteiger partial charge in [-0.25, -0.2) is 0 Å². The van der Waals surface area contributed by atoms with Crippen LogP contribution in [0.2, 0.25) is 0 Å². The number of carbonyl (C=O) groups excluding carboxylic acids is 1. The van der Waals surface area contributed by atoms with Gasteiger partial charge >= 0.3 is 0 Å². The van der Waals surface area contributed by atoms with Crippen molar-refractivity contribution in [1.29, 1.82) is 0 Å². The highest BCUT2D eigenvalue weighted by atomic mass is 16.1. The van der Waals surface area contributed by atoms with Crippen LogP contribution >= 0.6 is 0 Å². The quantitative estimate of drug-likeness (QED) is 0.758. The molecule has 0 radical (unpaired) electrons. The third-order valence-electron chi connectivity index (χ3n) is 2.81. The van der Waals surface area contributed by atoms with Crippen LogP contribution < -0.4 is 10.6 Å². The van der Waals surface area contributed by atoms with Crippen LogP contribution in [0.3, 0.4) is 0 Å². The van der Waals surface area contributed by atoms with E-state index in [0.717, 1.165) is 19.4 Å². The molecule has 0 fully saturated rings. The van der Waals surface area contributed by atoms with Gasteiger partial charge in [0.15, 0.2) is 0 Å². The summed E-state index contributed by atoms with van der Waals surface area (Å²) in [4.78, 5) is 11.3. The molecule has 0 aliphatic heterocycles. The summed E-state index contributed by atoms with van der Waals surface area (Å²) >= 11 is 0. The van der Waals surface area contributed by atoms with E-state index in [1.807, 2.05) is 10.8 Å². The molecule has 0 spiro atoms. The Balaban J connectivity index is 2.66. The minimum Gasteiger partial charge on any atom is -0.358 e. The van der Waals surface area contributed by atoms with E-state index in [0.29, 0.717) is 12.6 Å². The molecular formula is C13H23N3O. The molecule has 4 nitrogen and oxygen atoms in total. The second-order valence-electron chi connectivity index (χ2n) is 4.19. The van der Waals surface area contributed by atoms with Gasteiger partial charge in [0, 0.05) is 25.5 Å². The number of likely N-dealkylation sites (N-methyl/N-ethyl adjacent to an activating group) is 1. The van der Waals surface area contributed by atoms with E-state index in [1.54, 1.807) is 7.05 Å². The van der Waals surface area contributed by atoms with Crippen molar-refractivity contribution in [3.8, 4) is 0 Å². The lowest BCUT2D eigenvalue weighted by Crippen LogP contribution is -2.23. The zero-order valence-electron chi connectivity index (χ0n) is 11.0. The van der Waals surface area contributed by atoms with Crippen LogP contribution in [0.5, 0.6) is 0 Å². The van der Waals surface area contributed by atoms with Gasteiger partial charge in [-0.1, -0.05) is 20.3 Å². The molecule has 17 heavy (non-hydrogen) atoms. The van der Waals surface area contributed by atoms with Gasteiger partial charge in [0.1, 0.15) is 6.54 Å². The Morgan fingerprint density at radius 2 is 2.24 bits per heavy atom. The molecule has 96 valence electrons. The number of carbonyl (C=O) groups is 1. The summed E-state index contributed by atoms with van der Waals surface area (Å²) in [5, 5.41) is 6.09. The van der Waals surface area contributed by atoms with Gasteiger partial charge in [0.2, 0.25) is 5.91 Å². The first kappa shape index (κ1) is 13.8. The van der Waals surface area contributed by atoms with Gasteiger partial charge in [-0.2, -0.15) is 0 Å². The summed E-state index contributed by atoms with van der Waals surface area (Å²) in [6, 6.07) is 2.49. The highest BCUT2D eigenvalue weighted by Gasteiger charge is 2.11. The molecule has 0 saturated heterocycles. The van der Waals surface area contributed by atoms with Gasteiger partial charge in [0.25, 0.3) is 0 Å². The Kier molecular flexibility index (Phi) is 5.77. The van der Waals surface area contributed by atoms with Crippen LogP contribution in [-0.2, 0) is 11.3 Å². The molecule has 1 aromatic rings. The number of nitrogens with one attached hydrogen (secondary N) is 2. The predicted molar refractivity (Wildman–Crippen MR) is 69.8 cm³/mol. The van der Waals surface area contributed by atoms with Crippen molar-refractivity contribution < 1.29 is 4.79 Å². The highest BCUT2D eigenvalue weighted by molar-refractivity contribution is 5.75. The smallest absolute Gasteiger partial charge is 0.239 e. The van der Waals surface area contributed by atoms with Gasteiger partial charge in [0.05, 0.1) is 0 Å². The topological polar surface area (TPSA) is 46.1 Å². The second-order valence-corrected chi connectivity index (χ2v) is 4.19. The molecule has 0 saturated carbocycles. The standard InChI is InChI=1S/C13H23N3O/c1-4-6-12(15-5-2)11-7-8-16(9-11)10-13(17)14-3/h7-9,12,15H,4-6,10H2,1-3H3,(H,14,17). The molecular weight excluding hydrogens is 214 g/mol. The molecule has 4 heteroatoms. The Morgan fingerprint density at radius 1 is 1.47 bits per heavy atom. The third-order valence-corrected chi connectivity index (χ3v) is 2.81. The molecule has 1 rings (SSSR count). The Bertz CT molecular complexity index is 340. The fourth-order valence-electron chi connectivity index (χ4n) is 1.93. The van der Waals surface area contributed by atoms with Crippen LogP contribution in [-0.4, -0.2) is 24.1 Å². The summed E-state index contributed by atoms with van der Waals surface area (Å²) in [6.45, 7) is 5.66. The Labute approximate surface area is 103 Å². The van der Waals surface area contributed by atoms with Crippen molar-refractivity contribution in [3.63, 3.8) is 0 Å². The molecule has 0 bridgehead atoms. The molecule has 1 atom stereocenters. The molecule has 1 amide bonds. The zero-order valence-corrected chi connectivity index (χ0v) is 11.0. The minimum atomic E-state index is 0.0302. The van der Waals surface area contributed by atoms with Crippen LogP contribution in [0.1, 0.15) is 38.3 Å². The first-order valence-electron chi connectivity index (χ1n) is 6.30. The minimum absolute atomic E-state index is 0.0302. The highest BCUT2D eigenvalue weighted by Crippen LogP contribution is 2.18. The predicted octanol–water partition coefficient (Wildman–Crippen LogP) is 1.68. The SMILES string of the molecule is CCCC(NCC)c1ccn(CC(=O)NC)c1. The van der Waals surface area contributed by atoms with Crippen LogP contribution in [0.15, 0.2) is 18.5 Å². The van der Waals surface area contributed by atoms with Crippen molar-refractivity contribution >= 4 is 5.91 Å². The van der Waals surface area contributed by atoms with E-state index in [2.05, 4.69) is 36.7 Å². The second kappa shape index (κ2) is 7.12. The molecule has 1 unspecified atom stereocenters. The monoisotopic (exact) mass is 237 g/mol. The molecule has 2 N–H and O–H groups in total. The van der Waals surface area contributed by atoms with E-state index in [9.17, 15) is 4.79 Å². The van der Waals surface area contributed by atoms with Crippen LogP contribution in [0.25, 0.3) is 0 Å². The first-order chi connectivity index (χ1) is 8.21. The van der Waals surface area contributed by atoms with Gasteiger partial charge in [-0.05, 0) is 24.6 Å². The molecule has 0 aliphatic carbocycles. The lowest BCUT2D eigenvalue weighted by molar-refractivity contribution is -0.121. The normalized spacial score (nSPS) is 12.4. The number of nitrogens with zero attached hydrogens (tertiary/aromatic N) is 1. The summed E-state index contributed by atoms with van der Waals surface area (Å²) in [7, 11) is 1.66. The molecule has 0 aliphatic rings. The van der Waals surface area contributed by atoms with Gasteiger partial charge in [-0.15, -0.1) is 0 Å². The van der Waals surface area contributed by atoms with Crippen molar-refractivity contribution in [1.82, 2.24) is 15.2 Å².